The molecule has 0 unspecified atom stereocenters. The zero-order valence-corrected chi connectivity index (χ0v) is 10.5. The maximum absolute atomic E-state index is 13.2. The summed E-state index contributed by atoms with van der Waals surface area (Å²) in [5, 5.41) is 0.345. The third kappa shape index (κ3) is 2.06. The van der Waals surface area contributed by atoms with Gasteiger partial charge in [-0.1, -0.05) is 0 Å². The van der Waals surface area contributed by atoms with E-state index >= 15 is 0 Å². The average Bonchev–Trinajstić information content (AvgIpc) is 2.81. The molecule has 1 aliphatic carbocycles. The van der Waals surface area contributed by atoms with Gasteiger partial charge in [0.15, 0.2) is 23.2 Å². The minimum absolute atomic E-state index is 0.0493. The Balaban J connectivity index is 2.10. The fourth-order valence-corrected chi connectivity index (χ4v) is 3.18. The van der Waals surface area contributed by atoms with Crippen LogP contribution in [0.25, 0.3) is 10.6 Å². The summed E-state index contributed by atoms with van der Waals surface area (Å²) in [4.78, 5) is 16.6. The summed E-state index contributed by atoms with van der Waals surface area (Å²) in [6.07, 6.45) is 1.95. The molecule has 0 atom stereocenters. The summed E-state index contributed by atoms with van der Waals surface area (Å²) in [5.74, 6) is -4.06. The van der Waals surface area contributed by atoms with Crippen LogP contribution >= 0.6 is 11.3 Å². The molecule has 0 fully saturated rings. The number of carbonyl (C=O) groups excluding carboxylic acids is 1. The van der Waals surface area contributed by atoms with E-state index in [9.17, 15) is 18.0 Å². The van der Waals surface area contributed by atoms with Crippen LogP contribution in [-0.2, 0) is 6.42 Å². The van der Waals surface area contributed by atoms with E-state index in [1.165, 1.54) is 11.3 Å². The first-order valence-electron chi connectivity index (χ1n) is 5.74. The summed E-state index contributed by atoms with van der Waals surface area (Å²) >= 11 is 1.23. The minimum atomic E-state index is -1.50. The molecule has 1 heterocycles. The molecule has 1 aromatic heterocycles. The van der Waals surface area contributed by atoms with Gasteiger partial charge in [0, 0.05) is 16.9 Å². The highest BCUT2D eigenvalue weighted by Crippen LogP contribution is 2.33. The monoisotopic (exact) mass is 283 g/mol. The van der Waals surface area contributed by atoms with Crippen LogP contribution in [0.3, 0.4) is 0 Å². The van der Waals surface area contributed by atoms with Gasteiger partial charge in [-0.25, -0.2) is 18.2 Å². The maximum atomic E-state index is 13.2. The second-order valence-electron chi connectivity index (χ2n) is 4.32. The first-order chi connectivity index (χ1) is 9.06. The van der Waals surface area contributed by atoms with E-state index in [-0.39, 0.29) is 11.3 Å². The van der Waals surface area contributed by atoms with Gasteiger partial charge in [0.05, 0.1) is 0 Å². The van der Waals surface area contributed by atoms with Gasteiger partial charge in [0.1, 0.15) is 10.7 Å². The summed E-state index contributed by atoms with van der Waals surface area (Å²) in [7, 11) is 0. The van der Waals surface area contributed by atoms with E-state index in [1.807, 2.05) is 0 Å². The van der Waals surface area contributed by atoms with Crippen LogP contribution in [0.15, 0.2) is 12.1 Å². The van der Waals surface area contributed by atoms with Crippen LogP contribution in [0.4, 0.5) is 13.2 Å². The number of rotatable bonds is 1. The second-order valence-corrected chi connectivity index (χ2v) is 5.41. The predicted octanol–water partition coefficient (Wildman–Crippen LogP) is 3.75. The number of thiazole rings is 1. The maximum Gasteiger partial charge on any atom is 0.194 e. The summed E-state index contributed by atoms with van der Waals surface area (Å²) in [5.41, 5.74) is 0.542. The van der Waals surface area contributed by atoms with E-state index in [4.69, 9.17) is 0 Å². The molecule has 0 aliphatic heterocycles. The molecule has 0 amide bonds. The minimum Gasteiger partial charge on any atom is -0.292 e. The highest BCUT2D eigenvalue weighted by atomic mass is 32.1. The number of hydrogen-bond acceptors (Lipinski definition) is 3. The first kappa shape index (κ1) is 12.3. The van der Waals surface area contributed by atoms with Crippen molar-refractivity contribution in [1.82, 2.24) is 4.98 Å². The molecule has 3 rings (SSSR count). The number of ketones is 1. The van der Waals surface area contributed by atoms with E-state index in [0.29, 0.717) is 17.1 Å². The Kier molecular flexibility index (Phi) is 2.89. The van der Waals surface area contributed by atoms with Crippen LogP contribution in [0.2, 0.25) is 0 Å². The third-order valence-electron chi connectivity index (χ3n) is 3.00. The number of hydrogen-bond donors (Lipinski definition) is 0. The van der Waals surface area contributed by atoms with E-state index < -0.39 is 17.5 Å². The lowest BCUT2D eigenvalue weighted by atomic mass is 10.0. The van der Waals surface area contributed by atoms with Crippen molar-refractivity contribution in [3.63, 3.8) is 0 Å². The quantitative estimate of drug-likeness (QED) is 0.746. The fourth-order valence-electron chi connectivity index (χ4n) is 2.07. The highest BCUT2D eigenvalue weighted by molar-refractivity contribution is 7.15. The van der Waals surface area contributed by atoms with Gasteiger partial charge in [-0.05, 0) is 25.0 Å². The van der Waals surface area contributed by atoms with Crippen molar-refractivity contribution in [1.29, 1.82) is 0 Å². The number of aryl methyl sites for hydroxylation is 1. The average molecular weight is 283 g/mol. The molecule has 0 radical (unpaired) electrons. The van der Waals surface area contributed by atoms with Gasteiger partial charge < -0.3 is 0 Å². The Hall–Kier alpha value is -1.69. The van der Waals surface area contributed by atoms with Crippen molar-refractivity contribution in [3.05, 3.63) is 40.2 Å². The molecule has 2 aromatic rings. The molecule has 2 nitrogen and oxygen atoms in total. The van der Waals surface area contributed by atoms with Crippen LogP contribution < -0.4 is 0 Å². The van der Waals surface area contributed by atoms with Gasteiger partial charge in [0.2, 0.25) is 0 Å². The molecule has 0 spiro atoms. The lowest BCUT2D eigenvalue weighted by Gasteiger charge is -2.06. The summed E-state index contributed by atoms with van der Waals surface area (Å²) in [6.45, 7) is 0. The van der Waals surface area contributed by atoms with Crippen molar-refractivity contribution in [3.8, 4) is 10.6 Å². The number of fused-ring (bicyclic) bond motifs is 1. The van der Waals surface area contributed by atoms with Crippen LogP contribution in [-0.4, -0.2) is 10.8 Å². The zero-order chi connectivity index (χ0) is 13.6. The molecule has 6 heteroatoms. The molecule has 0 bridgehead atoms. The molecule has 0 saturated carbocycles. The van der Waals surface area contributed by atoms with Gasteiger partial charge in [-0.15, -0.1) is 11.3 Å². The largest absolute Gasteiger partial charge is 0.292 e. The van der Waals surface area contributed by atoms with Crippen molar-refractivity contribution < 1.29 is 18.0 Å². The number of Topliss-reactive ketones (excluding diaryl/α,β-unsaturated/α-hetero) is 1. The molecule has 1 aliphatic rings. The van der Waals surface area contributed by atoms with Gasteiger partial charge in [-0.3, -0.25) is 4.79 Å². The normalized spacial score (nSPS) is 14.6. The molecular weight excluding hydrogens is 275 g/mol. The van der Waals surface area contributed by atoms with Crippen LogP contribution in [0, 0.1) is 17.5 Å². The Bertz CT molecular complexity index is 658. The Labute approximate surface area is 110 Å². The van der Waals surface area contributed by atoms with Crippen LogP contribution in [0.1, 0.15) is 28.2 Å². The van der Waals surface area contributed by atoms with Gasteiger partial charge >= 0.3 is 0 Å². The molecule has 19 heavy (non-hydrogen) atoms. The van der Waals surface area contributed by atoms with Crippen molar-refractivity contribution in [2.75, 3.05) is 0 Å². The Morgan fingerprint density at radius 1 is 1.11 bits per heavy atom. The molecule has 0 N–H and O–H groups in total. The molecule has 1 aromatic carbocycles. The predicted molar refractivity (Wildman–Crippen MR) is 64.7 cm³/mol. The number of benzene rings is 1. The molecule has 98 valence electrons. The summed E-state index contributed by atoms with van der Waals surface area (Å²) in [6, 6.07) is 1.79. The van der Waals surface area contributed by atoms with Crippen molar-refractivity contribution >= 4 is 17.1 Å². The summed E-state index contributed by atoms with van der Waals surface area (Å²) < 4.78 is 39.3. The lowest BCUT2D eigenvalue weighted by Crippen LogP contribution is -2.08. The topological polar surface area (TPSA) is 30.0 Å². The SMILES string of the molecule is O=C1CCCc2sc(-c3cc(F)c(F)c(F)c3)nc21. The molecule has 0 saturated heterocycles. The van der Waals surface area contributed by atoms with Crippen LogP contribution in [0.5, 0.6) is 0 Å². The third-order valence-corrected chi connectivity index (χ3v) is 4.16. The van der Waals surface area contributed by atoms with E-state index in [1.54, 1.807) is 0 Å². The van der Waals surface area contributed by atoms with Gasteiger partial charge in [0.25, 0.3) is 0 Å². The highest BCUT2D eigenvalue weighted by Gasteiger charge is 2.23. The van der Waals surface area contributed by atoms with E-state index in [2.05, 4.69) is 4.98 Å². The Morgan fingerprint density at radius 2 is 1.79 bits per heavy atom. The standard InChI is InChI=1S/C13H8F3NOS/c14-7-4-6(5-8(15)11(7)16)13-17-12-9(18)2-1-3-10(12)19-13/h4-5H,1-3H2. The van der Waals surface area contributed by atoms with Crippen molar-refractivity contribution in [2.24, 2.45) is 0 Å². The number of nitrogens with zero attached hydrogens (tertiary/aromatic N) is 1. The lowest BCUT2D eigenvalue weighted by molar-refractivity contribution is 0.0968. The number of carbonyl (C=O) groups is 1. The van der Waals surface area contributed by atoms with Gasteiger partial charge in [-0.2, -0.15) is 0 Å². The number of aromatic nitrogens is 1. The zero-order valence-electron chi connectivity index (χ0n) is 9.67. The van der Waals surface area contributed by atoms with E-state index in [0.717, 1.165) is 29.9 Å². The smallest absolute Gasteiger partial charge is 0.194 e. The fraction of sp³-hybridized carbons (Fsp3) is 0.231. The molecular formula is C13H8F3NOS. The first-order valence-corrected chi connectivity index (χ1v) is 6.55. The number of halogens is 3. The Morgan fingerprint density at radius 3 is 2.42 bits per heavy atom. The second kappa shape index (κ2) is 4.45. The van der Waals surface area contributed by atoms with Crippen molar-refractivity contribution in [2.45, 2.75) is 19.3 Å².